The molecule has 0 saturated heterocycles. The molecule has 0 amide bonds. The average Bonchev–Trinajstić information content (AvgIpc) is 1.56. The second-order valence-electron chi connectivity index (χ2n) is 1.27. The van der Waals surface area contributed by atoms with Crippen LogP contribution in [-0.2, 0) is 25.1 Å². The maximum Gasteiger partial charge on any atom is 0.315 e. The van der Waals surface area contributed by atoms with Gasteiger partial charge < -0.3 is 24.8 Å². The van der Waals surface area contributed by atoms with Gasteiger partial charge in [-0.15, -0.1) is 0 Å². The molecule has 0 aromatic heterocycles. The molecule has 0 aliphatic heterocycles. The van der Waals surface area contributed by atoms with Crippen molar-refractivity contribution in [2.75, 3.05) is 0 Å². The van der Waals surface area contributed by atoms with Crippen molar-refractivity contribution in [2.24, 2.45) is 0 Å². The van der Waals surface area contributed by atoms with Gasteiger partial charge in [0.1, 0.15) is 11.4 Å². The maximum absolute atomic E-state index is 9.64. The first-order chi connectivity index (χ1) is 4.86. The summed E-state index contributed by atoms with van der Waals surface area (Å²) in [6.07, 6.45) is 0. The summed E-state index contributed by atoms with van der Waals surface area (Å²) in [5, 5.41) is 8.89. The number of hydrogen-bond acceptors (Lipinski definition) is 6. The SMILES string of the molecule is CC(=O)OS(=O)[O-].CC(=O)[O-].[NH4+]. The standard InChI is InChI=1S/C2H4O4S.C2H4O2.H3N/c1-2(3)6-7(4)5;1-2(3)4;/h1H3,(H,4,5);1H3,(H,3,4);1H3/p-1. The predicted molar refractivity (Wildman–Crippen MR) is 37.4 cm³/mol. The minimum atomic E-state index is -2.70. The molecule has 0 aliphatic carbocycles. The fraction of sp³-hybridized carbons (Fsp3) is 0.500. The quantitative estimate of drug-likeness (QED) is 0.509. The number of aliphatic carboxylic acids is 1. The summed E-state index contributed by atoms with van der Waals surface area (Å²) in [4.78, 5) is 18.5. The molecule has 74 valence electrons. The molecule has 0 aromatic carbocycles. The monoisotopic (exact) mass is 200 g/mol. The summed E-state index contributed by atoms with van der Waals surface area (Å²) in [6, 6.07) is 0. The average molecular weight is 200 g/mol. The Hall–Kier alpha value is -0.990. The van der Waals surface area contributed by atoms with E-state index in [1.54, 1.807) is 0 Å². The van der Waals surface area contributed by atoms with Gasteiger partial charge in [-0.3, -0.25) is 4.79 Å². The molecular weight excluding hydrogens is 190 g/mol. The van der Waals surface area contributed by atoms with Crippen molar-refractivity contribution < 1.29 is 27.6 Å². The van der Waals surface area contributed by atoms with Crippen LogP contribution in [0.2, 0.25) is 0 Å². The normalized spacial score (nSPS) is 9.58. The van der Waals surface area contributed by atoms with Crippen LogP contribution >= 0.6 is 0 Å². The fourth-order valence-electron chi connectivity index (χ4n) is 0.0958. The van der Waals surface area contributed by atoms with E-state index in [9.17, 15) is 13.6 Å². The van der Waals surface area contributed by atoms with E-state index in [-0.39, 0.29) is 6.15 Å². The van der Waals surface area contributed by atoms with Gasteiger partial charge in [-0.25, -0.2) is 4.21 Å². The zero-order valence-electron chi connectivity index (χ0n) is 6.86. The van der Waals surface area contributed by atoms with E-state index in [0.29, 0.717) is 0 Å². The highest BCUT2D eigenvalue weighted by molar-refractivity contribution is 7.74. The van der Waals surface area contributed by atoms with Crippen LogP contribution in [0.3, 0.4) is 0 Å². The maximum atomic E-state index is 9.64. The molecule has 8 heteroatoms. The van der Waals surface area contributed by atoms with Crippen molar-refractivity contribution in [1.29, 1.82) is 0 Å². The van der Waals surface area contributed by atoms with Gasteiger partial charge in [-0.2, -0.15) is 0 Å². The Morgan fingerprint density at radius 2 is 1.58 bits per heavy atom. The van der Waals surface area contributed by atoms with Crippen LogP contribution in [0, 0.1) is 0 Å². The lowest BCUT2D eigenvalue weighted by atomic mass is 10.9. The molecule has 0 rings (SSSR count). The summed E-state index contributed by atoms with van der Waals surface area (Å²) < 4.78 is 22.3. The van der Waals surface area contributed by atoms with Gasteiger partial charge >= 0.3 is 5.97 Å². The zero-order chi connectivity index (χ0) is 9.44. The molecule has 12 heavy (non-hydrogen) atoms. The number of carbonyl (C=O) groups is 2. The Balaban J connectivity index is -0.000000142. The molecule has 0 saturated carbocycles. The minimum absolute atomic E-state index is 0. The molecular formula is C4H10NO6S-. The van der Waals surface area contributed by atoms with Crippen molar-refractivity contribution in [1.82, 2.24) is 6.15 Å². The second-order valence-corrected chi connectivity index (χ2v) is 1.85. The van der Waals surface area contributed by atoms with E-state index in [4.69, 9.17) is 9.90 Å². The third-order valence-corrected chi connectivity index (χ3v) is 0.556. The number of carbonyl (C=O) groups excluding carboxylic acids is 2. The molecule has 1 unspecified atom stereocenters. The van der Waals surface area contributed by atoms with E-state index < -0.39 is 23.3 Å². The predicted octanol–water partition coefficient (Wildman–Crippen LogP) is -1.52. The summed E-state index contributed by atoms with van der Waals surface area (Å²) in [5.41, 5.74) is 0. The molecule has 0 radical (unpaired) electrons. The first kappa shape index (κ1) is 17.2. The number of hydrogen-bond donors (Lipinski definition) is 1. The summed E-state index contributed by atoms with van der Waals surface area (Å²) >= 11 is -2.70. The molecule has 0 aliphatic rings. The van der Waals surface area contributed by atoms with Crippen molar-refractivity contribution in [3.05, 3.63) is 0 Å². The molecule has 0 fully saturated rings. The van der Waals surface area contributed by atoms with Gasteiger partial charge in [0.05, 0.1) is 0 Å². The van der Waals surface area contributed by atoms with Crippen LogP contribution in [0.5, 0.6) is 0 Å². The lowest BCUT2D eigenvalue weighted by Crippen LogP contribution is -2.16. The summed E-state index contributed by atoms with van der Waals surface area (Å²) in [7, 11) is 0. The van der Waals surface area contributed by atoms with Crippen molar-refractivity contribution in [3.63, 3.8) is 0 Å². The minimum Gasteiger partial charge on any atom is -0.740 e. The lowest BCUT2D eigenvalue weighted by molar-refractivity contribution is -0.302. The first-order valence-corrected chi connectivity index (χ1v) is 3.32. The number of carboxylic acid groups (broad SMARTS) is 1. The van der Waals surface area contributed by atoms with Crippen LogP contribution in [0.15, 0.2) is 0 Å². The van der Waals surface area contributed by atoms with E-state index in [2.05, 4.69) is 4.18 Å². The number of rotatable bonds is 1. The van der Waals surface area contributed by atoms with E-state index in [1.165, 1.54) is 0 Å². The Morgan fingerprint density at radius 1 is 1.33 bits per heavy atom. The molecule has 0 aromatic rings. The van der Waals surface area contributed by atoms with Crippen molar-refractivity contribution in [3.8, 4) is 0 Å². The van der Waals surface area contributed by atoms with E-state index >= 15 is 0 Å². The summed E-state index contributed by atoms with van der Waals surface area (Å²) in [6.45, 7) is 1.98. The molecule has 0 bridgehead atoms. The third kappa shape index (κ3) is 63.8. The topological polar surface area (TPSA) is 143 Å². The zero-order valence-corrected chi connectivity index (χ0v) is 7.67. The number of carboxylic acids is 1. The third-order valence-electron chi connectivity index (χ3n) is 0.185. The van der Waals surface area contributed by atoms with E-state index in [0.717, 1.165) is 13.8 Å². The van der Waals surface area contributed by atoms with Crippen LogP contribution in [0.25, 0.3) is 0 Å². The van der Waals surface area contributed by atoms with Crippen LogP contribution in [0.1, 0.15) is 13.8 Å². The Morgan fingerprint density at radius 3 is 1.58 bits per heavy atom. The van der Waals surface area contributed by atoms with Gasteiger partial charge in [0, 0.05) is 12.9 Å². The Kier molecular flexibility index (Phi) is 14.3. The Bertz CT molecular complexity index is 153. The Labute approximate surface area is 71.8 Å². The van der Waals surface area contributed by atoms with Crippen molar-refractivity contribution in [2.45, 2.75) is 13.8 Å². The highest BCUT2D eigenvalue weighted by Crippen LogP contribution is 1.76. The highest BCUT2D eigenvalue weighted by atomic mass is 32.2. The molecule has 7 nitrogen and oxygen atoms in total. The van der Waals surface area contributed by atoms with Crippen LogP contribution < -0.4 is 11.3 Å². The molecule has 4 N–H and O–H groups in total. The summed E-state index contributed by atoms with van der Waals surface area (Å²) in [5.74, 6) is -1.91. The van der Waals surface area contributed by atoms with Crippen LogP contribution in [0.4, 0.5) is 0 Å². The first-order valence-electron chi connectivity index (χ1n) is 2.32. The molecule has 0 spiro atoms. The molecule has 1 atom stereocenters. The lowest BCUT2D eigenvalue weighted by Gasteiger charge is -1.99. The molecule has 0 heterocycles. The van der Waals surface area contributed by atoms with Gasteiger partial charge in [-0.05, 0) is 6.92 Å². The van der Waals surface area contributed by atoms with Gasteiger partial charge in [0.2, 0.25) is 0 Å². The fourth-order valence-corrected chi connectivity index (χ4v) is 0.287. The number of quaternary nitrogens is 1. The second kappa shape index (κ2) is 10.0. The van der Waals surface area contributed by atoms with Gasteiger partial charge in [0.25, 0.3) is 0 Å². The smallest absolute Gasteiger partial charge is 0.315 e. The largest absolute Gasteiger partial charge is 0.740 e. The van der Waals surface area contributed by atoms with Gasteiger partial charge in [-0.1, -0.05) is 0 Å². The highest BCUT2D eigenvalue weighted by Gasteiger charge is 1.86. The van der Waals surface area contributed by atoms with Crippen molar-refractivity contribution >= 4 is 23.3 Å². The van der Waals surface area contributed by atoms with Crippen LogP contribution in [-0.4, -0.2) is 20.7 Å². The van der Waals surface area contributed by atoms with Gasteiger partial charge in [0.15, 0.2) is 0 Å². The van der Waals surface area contributed by atoms with E-state index in [1.807, 2.05) is 0 Å².